The second-order valence-corrected chi connectivity index (χ2v) is 4.26. The Morgan fingerprint density at radius 2 is 1.74 bits per heavy atom. The molecule has 98 valence electrons. The Balaban J connectivity index is 2.33. The van der Waals surface area contributed by atoms with E-state index in [0.717, 1.165) is 0 Å². The van der Waals surface area contributed by atoms with Crippen LogP contribution in [0.3, 0.4) is 0 Å². The van der Waals surface area contributed by atoms with Crippen molar-refractivity contribution in [2.75, 3.05) is 0 Å². The molecule has 0 spiro atoms. The van der Waals surface area contributed by atoms with Gasteiger partial charge in [0, 0.05) is 11.6 Å². The normalized spacial score (nSPS) is 10.2. The third kappa shape index (κ3) is 2.82. The largest absolute Gasteiger partial charge is 0.508 e. The summed E-state index contributed by atoms with van der Waals surface area (Å²) in [7, 11) is 0. The third-order valence-corrected chi connectivity index (χ3v) is 2.75. The van der Waals surface area contributed by atoms with Crippen LogP contribution in [0.2, 0.25) is 0 Å². The van der Waals surface area contributed by atoms with Gasteiger partial charge in [-0.05, 0) is 49.7 Å². The van der Waals surface area contributed by atoms with Gasteiger partial charge in [-0.25, -0.2) is 0 Å². The van der Waals surface area contributed by atoms with Gasteiger partial charge < -0.3 is 9.84 Å². The molecule has 2 aromatic carbocycles. The first-order valence-corrected chi connectivity index (χ1v) is 5.70. The van der Waals surface area contributed by atoms with Crippen molar-refractivity contribution >= 4 is 5.69 Å². The molecule has 0 radical (unpaired) electrons. The number of phenols is 1. The zero-order valence-electron chi connectivity index (χ0n) is 10.6. The molecule has 19 heavy (non-hydrogen) atoms. The Bertz CT molecular complexity index is 620. The van der Waals surface area contributed by atoms with Crippen molar-refractivity contribution in [3.05, 3.63) is 57.6 Å². The smallest absolute Gasteiger partial charge is 0.272 e. The molecule has 2 rings (SSSR count). The zero-order valence-corrected chi connectivity index (χ0v) is 10.6. The van der Waals surface area contributed by atoms with Crippen LogP contribution in [0, 0.1) is 24.0 Å². The number of hydrogen-bond acceptors (Lipinski definition) is 4. The number of aryl methyl sites for hydroxylation is 2. The van der Waals surface area contributed by atoms with Gasteiger partial charge in [-0.15, -0.1) is 0 Å². The van der Waals surface area contributed by atoms with Gasteiger partial charge in [0.2, 0.25) is 0 Å². The average molecular weight is 259 g/mol. The Kier molecular flexibility index (Phi) is 3.37. The van der Waals surface area contributed by atoms with Crippen molar-refractivity contribution in [1.29, 1.82) is 0 Å². The maximum absolute atomic E-state index is 10.8. The van der Waals surface area contributed by atoms with E-state index < -0.39 is 4.92 Å². The van der Waals surface area contributed by atoms with E-state index in [-0.39, 0.29) is 11.4 Å². The fourth-order valence-corrected chi connectivity index (χ4v) is 1.72. The molecule has 0 amide bonds. The van der Waals surface area contributed by atoms with E-state index in [1.165, 1.54) is 18.2 Å². The van der Waals surface area contributed by atoms with Crippen LogP contribution in [0.4, 0.5) is 5.69 Å². The lowest BCUT2D eigenvalue weighted by Crippen LogP contribution is -1.95. The molecule has 0 atom stereocenters. The highest BCUT2D eigenvalue weighted by molar-refractivity contribution is 5.50. The maximum atomic E-state index is 10.8. The standard InChI is InChI=1S/C14H13NO4/c1-9-8-14(10(2)7-13(9)15(17)18)19-12-5-3-11(16)4-6-12/h3-8,16H,1-2H3. The van der Waals surface area contributed by atoms with Gasteiger partial charge in [0.25, 0.3) is 5.69 Å². The summed E-state index contributed by atoms with van der Waals surface area (Å²) in [6.45, 7) is 3.42. The Morgan fingerprint density at radius 1 is 1.11 bits per heavy atom. The predicted molar refractivity (Wildman–Crippen MR) is 70.8 cm³/mol. The molecule has 0 fully saturated rings. The highest BCUT2D eigenvalue weighted by Crippen LogP contribution is 2.31. The number of hydrogen-bond donors (Lipinski definition) is 1. The predicted octanol–water partition coefficient (Wildman–Crippen LogP) is 3.71. The van der Waals surface area contributed by atoms with Gasteiger partial charge >= 0.3 is 0 Å². The van der Waals surface area contributed by atoms with E-state index in [9.17, 15) is 15.2 Å². The molecule has 0 unspecified atom stereocenters. The van der Waals surface area contributed by atoms with Crippen molar-refractivity contribution in [2.45, 2.75) is 13.8 Å². The summed E-state index contributed by atoms with van der Waals surface area (Å²) in [6.07, 6.45) is 0. The number of ether oxygens (including phenoxy) is 1. The third-order valence-electron chi connectivity index (χ3n) is 2.75. The minimum atomic E-state index is -0.410. The minimum Gasteiger partial charge on any atom is -0.508 e. The van der Waals surface area contributed by atoms with Crippen LogP contribution in [0.25, 0.3) is 0 Å². The van der Waals surface area contributed by atoms with E-state index in [0.29, 0.717) is 22.6 Å². The molecule has 0 saturated heterocycles. The molecule has 1 N–H and O–H groups in total. The van der Waals surface area contributed by atoms with Crippen LogP contribution in [0.5, 0.6) is 17.2 Å². The van der Waals surface area contributed by atoms with Crippen LogP contribution in [0.15, 0.2) is 36.4 Å². The quantitative estimate of drug-likeness (QED) is 0.673. The summed E-state index contributed by atoms with van der Waals surface area (Å²) in [5.41, 5.74) is 1.31. The minimum absolute atomic E-state index is 0.0792. The van der Waals surface area contributed by atoms with E-state index in [4.69, 9.17) is 4.74 Å². The highest BCUT2D eigenvalue weighted by atomic mass is 16.6. The van der Waals surface area contributed by atoms with E-state index in [1.54, 1.807) is 32.0 Å². The van der Waals surface area contributed by atoms with Gasteiger partial charge in [0.05, 0.1) is 4.92 Å². The second-order valence-electron chi connectivity index (χ2n) is 4.26. The fraction of sp³-hybridized carbons (Fsp3) is 0.143. The molecule has 0 heterocycles. The molecule has 5 nitrogen and oxygen atoms in total. The van der Waals surface area contributed by atoms with Crippen molar-refractivity contribution in [3.63, 3.8) is 0 Å². The van der Waals surface area contributed by atoms with Gasteiger partial charge in [-0.3, -0.25) is 10.1 Å². The molecule has 0 aliphatic carbocycles. The van der Waals surface area contributed by atoms with Gasteiger partial charge in [-0.1, -0.05) is 0 Å². The van der Waals surface area contributed by atoms with E-state index in [2.05, 4.69) is 0 Å². The summed E-state index contributed by atoms with van der Waals surface area (Å²) in [5.74, 6) is 1.28. The monoisotopic (exact) mass is 259 g/mol. The molecular weight excluding hydrogens is 246 g/mol. The Morgan fingerprint density at radius 3 is 2.32 bits per heavy atom. The molecule has 0 aromatic heterocycles. The lowest BCUT2D eigenvalue weighted by atomic mass is 10.1. The summed E-state index contributed by atoms with van der Waals surface area (Å²) >= 11 is 0. The highest BCUT2D eigenvalue weighted by Gasteiger charge is 2.14. The van der Waals surface area contributed by atoms with Crippen LogP contribution in [-0.4, -0.2) is 10.0 Å². The zero-order chi connectivity index (χ0) is 14.0. The number of nitro benzene ring substituents is 1. The van der Waals surface area contributed by atoms with Gasteiger partial charge in [-0.2, -0.15) is 0 Å². The lowest BCUT2D eigenvalue weighted by molar-refractivity contribution is -0.385. The van der Waals surface area contributed by atoms with Gasteiger partial charge in [0.1, 0.15) is 17.2 Å². The van der Waals surface area contributed by atoms with Crippen molar-refractivity contribution < 1.29 is 14.8 Å². The molecule has 0 bridgehead atoms. The average Bonchev–Trinajstić information content (AvgIpc) is 2.35. The first-order valence-electron chi connectivity index (χ1n) is 5.70. The fourth-order valence-electron chi connectivity index (χ4n) is 1.72. The number of aromatic hydroxyl groups is 1. The maximum Gasteiger partial charge on any atom is 0.272 e. The second kappa shape index (κ2) is 4.97. The molecule has 0 saturated carbocycles. The van der Waals surface area contributed by atoms with Crippen LogP contribution >= 0.6 is 0 Å². The van der Waals surface area contributed by atoms with Crippen LogP contribution in [-0.2, 0) is 0 Å². The van der Waals surface area contributed by atoms with Crippen molar-refractivity contribution in [3.8, 4) is 17.2 Å². The molecule has 2 aromatic rings. The number of phenolic OH excluding ortho intramolecular Hbond substituents is 1. The molecule has 0 aliphatic heterocycles. The first kappa shape index (κ1) is 12.9. The summed E-state index contributed by atoms with van der Waals surface area (Å²) in [6, 6.07) is 9.42. The summed E-state index contributed by atoms with van der Waals surface area (Å²) in [5, 5.41) is 20.0. The number of nitro groups is 1. The molecular formula is C14H13NO4. The van der Waals surface area contributed by atoms with Crippen LogP contribution < -0.4 is 4.74 Å². The summed E-state index contributed by atoms with van der Waals surface area (Å²) in [4.78, 5) is 10.4. The number of rotatable bonds is 3. The summed E-state index contributed by atoms with van der Waals surface area (Å²) < 4.78 is 5.65. The van der Waals surface area contributed by atoms with E-state index >= 15 is 0 Å². The number of nitrogens with zero attached hydrogens (tertiary/aromatic N) is 1. The van der Waals surface area contributed by atoms with Crippen molar-refractivity contribution in [1.82, 2.24) is 0 Å². The van der Waals surface area contributed by atoms with Crippen LogP contribution in [0.1, 0.15) is 11.1 Å². The molecule has 0 aliphatic rings. The lowest BCUT2D eigenvalue weighted by Gasteiger charge is -2.10. The Hall–Kier alpha value is -2.56. The SMILES string of the molecule is Cc1cc([N+](=O)[O-])c(C)cc1Oc1ccc(O)cc1. The first-order chi connectivity index (χ1) is 8.97. The van der Waals surface area contributed by atoms with Gasteiger partial charge in [0.15, 0.2) is 0 Å². The van der Waals surface area contributed by atoms with Crippen molar-refractivity contribution in [2.24, 2.45) is 0 Å². The topological polar surface area (TPSA) is 72.6 Å². The Labute approximate surface area is 110 Å². The molecule has 5 heteroatoms. The van der Waals surface area contributed by atoms with E-state index in [1.807, 2.05) is 0 Å². The number of benzene rings is 2.